The Morgan fingerprint density at radius 3 is 2.64 bits per heavy atom. The van der Waals surface area contributed by atoms with Crippen molar-refractivity contribution in [1.29, 1.82) is 0 Å². The molecule has 0 amide bonds. The van der Waals surface area contributed by atoms with Crippen molar-refractivity contribution in [3.05, 3.63) is 51.7 Å². The van der Waals surface area contributed by atoms with Gasteiger partial charge >= 0.3 is 6.18 Å². The molecule has 2 aromatic heterocycles. The van der Waals surface area contributed by atoms with Gasteiger partial charge in [0.15, 0.2) is 5.78 Å². The normalized spacial score (nSPS) is 17.3. The minimum absolute atomic E-state index is 0.150. The number of anilines is 1. The van der Waals surface area contributed by atoms with Gasteiger partial charge in [-0.3, -0.25) is 19.1 Å². The monoisotopic (exact) mass is 372 g/mol. The molecule has 3 heterocycles. The van der Waals surface area contributed by atoms with E-state index in [1.54, 1.807) is 0 Å². The Morgan fingerprint density at radius 2 is 2.00 bits per heavy atom. The minimum atomic E-state index is -4.58. The van der Waals surface area contributed by atoms with Gasteiger partial charge < -0.3 is 4.90 Å². The molecule has 0 saturated heterocycles. The Hall–Kier alpha value is -2.42. The van der Waals surface area contributed by atoms with Crippen molar-refractivity contribution in [1.82, 2.24) is 14.5 Å². The van der Waals surface area contributed by atoms with Gasteiger partial charge in [0.2, 0.25) is 5.95 Å². The van der Waals surface area contributed by atoms with E-state index in [1.807, 2.05) is 0 Å². The number of hydrogen-bond acceptors (Lipinski definition) is 5. The number of nitrogens with zero attached hydrogens (tertiary/aromatic N) is 4. The van der Waals surface area contributed by atoms with Crippen LogP contribution in [0, 0.1) is 0 Å². The van der Waals surface area contributed by atoms with E-state index in [0.717, 1.165) is 15.5 Å². The Balaban J connectivity index is 2.03. The van der Waals surface area contributed by atoms with Gasteiger partial charge in [-0.05, 0) is 18.6 Å². The second-order valence-corrected chi connectivity index (χ2v) is 5.89. The average molecular weight is 373 g/mol. The molecule has 6 nitrogen and oxygen atoms in total. The van der Waals surface area contributed by atoms with Crippen LogP contribution in [0.15, 0.2) is 35.4 Å². The highest BCUT2D eigenvalue weighted by atomic mass is 35.5. The summed E-state index contributed by atoms with van der Waals surface area (Å²) >= 11 is 5.74. The molecule has 0 aromatic carbocycles. The lowest BCUT2D eigenvalue weighted by atomic mass is 10.1. The third-order valence-electron chi connectivity index (χ3n) is 3.91. The van der Waals surface area contributed by atoms with Crippen LogP contribution in [-0.2, 0) is 6.54 Å². The van der Waals surface area contributed by atoms with Gasteiger partial charge in [0.25, 0.3) is 5.56 Å². The number of rotatable bonds is 3. The number of pyridine rings is 1. The standard InChI is InChI=1S/C15H12ClF3N4O2/c16-12-7-13(25)22-6-3-11(15(17,18)19)23(14(22)21-12)8-10(24)9-1-4-20-5-2-9/h1-2,4-5,7,11H,3,6,8H2. The summed E-state index contributed by atoms with van der Waals surface area (Å²) < 4.78 is 41.4. The van der Waals surface area contributed by atoms with Crippen LogP contribution in [0.1, 0.15) is 16.8 Å². The van der Waals surface area contributed by atoms with Crippen LogP contribution in [-0.4, -0.2) is 39.1 Å². The number of alkyl halides is 3. The first-order valence-corrected chi connectivity index (χ1v) is 7.69. The van der Waals surface area contributed by atoms with Gasteiger partial charge in [0.05, 0.1) is 6.54 Å². The number of hydrogen-bond donors (Lipinski definition) is 0. The van der Waals surface area contributed by atoms with Gasteiger partial charge in [-0.15, -0.1) is 0 Å². The summed E-state index contributed by atoms with van der Waals surface area (Å²) in [6.45, 7) is -0.733. The second kappa shape index (κ2) is 6.47. The first-order chi connectivity index (χ1) is 11.8. The molecule has 0 bridgehead atoms. The Bertz CT molecular complexity index is 854. The molecule has 1 unspecified atom stereocenters. The van der Waals surface area contributed by atoms with E-state index in [4.69, 9.17) is 11.6 Å². The maximum absolute atomic E-state index is 13.4. The summed E-state index contributed by atoms with van der Waals surface area (Å²) in [5.74, 6) is -0.798. The molecule has 25 heavy (non-hydrogen) atoms. The molecule has 10 heteroatoms. The minimum Gasteiger partial charge on any atom is -0.322 e. The van der Waals surface area contributed by atoms with Crippen molar-refractivity contribution in [2.45, 2.75) is 25.2 Å². The predicted octanol–water partition coefficient (Wildman–Crippen LogP) is 2.32. The van der Waals surface area contributed by atoms with Crippen LogP contribution in [0.4, 0.5) is 19.1 Å². The molecule has 3 rings (SSSR count). The zero-order chi connectivity index (χ0) is 18.2. The number of Topliss-reactive ketones (excluding diaryl/α,β-unsaturated/α-hetero) is 1. The highest BCUT2D eigenvalue weighted by Crippen LogP contribution is 2.33. The fraction of sp³-hybridized carbons (Fsp3) is 0.333. The molecule has 0 N–H and O–H groups in total. The van der Waals surface area contributed by atoms with E-state index in [-0.39, 0.29) is 29.6 Å². The topological polar surface area (TPSA) is 68.1 Å². The van der Waals surface area contributed by atoms with E-state index in [1.165, 1.54) is 24.5 Å². The van der Waals surface area contributed by atoms with E-state index in [0.29, 0.717) is 0 Å². The zero-order valence-electron chi connectivity index (χ0n) is 12.7. The van der Waals surface area contributed by atoms with Gasteiger partial charge in [0, 0.05) is 30.6 Å². The average Bonchev–Trinajstić information content (AvgIpc) is 2.55. The maximum atomic E-state index is 13.4. The molecule has 0 fully saturated rings. The third-order valence-corrected chi connectivity index (χ3v) is 4.10. The first-order valence-electron chi connectivity index (χ1n) is 7.31. The van der Waals surface area contributed by atoms with E-state index in [2.05, 4.69) is 9.97 Å². The summed E-state index contributed by atoms with van der Waals surface area (Å²) in [6.07, 6.45) is -2.19. The van der Waals surface area contributed by atoms with Crippen molar-refractivity contribution >= 4 is 23.3 Å². The van der Waals surface area contributed by atoms with Crippen LogP contribution in [0.2, 0.25) is 5.15 Å². The number of halogens is 4. The van der Waals surface area contributed by atoms with Crippen LogP contribution in [0.5, 0.6) is 0 Å². The number of fused-ring (bicyclic) bond motifs is 1. The molecule has 0 spiro atoms. The van der Waals surface area contributed by atoms with Crippen LogP contribution < -0.4 is 10.5 Å². The first kappa shape index (κ1) is 17.4. The van der Waals surface area contributed by atoms with E-state index < -0.39 is 30.1 Å². The smallest absolute Gasteiger partial charge is 0.322 e. The number of carbonyl (C=O) groups excluding carboxylic acids is 1. The van der Waals surface area contributed by atoms with Crippen LogP contribution in [0.3, 0.4) is 0 Å². The Labute approximate surface area is 144 Å². The van der Waals surface area contributed by atoms with Crippen LogP contribution >= 0.6 is 11.6 Å². The molecule has 1 aliphatic rings. The number of aromatic nitrogens is 3. The molecule has 0 aliphatic carbocycles. The Kier molecular flexibility index (Phi) is 4.51. The summed E-state index contributed by atoms with van der Waals surface area (Å²) in [4.78, 5) is 32.8. The fourth-order valence-corrected chi connectivity index (χ4v) is 2.92. The molecule has 0 radical (unpaired) electrons. The highest BCUT2D eigenvalue weighted by molar-refractivity contribution is 6.29. The molecule has 1 aliphatic heterocycles. The van der Waals surface area contributed by atoms with Crippen molar-refractivity contribution in [2.75, 3.05) is 11.4 Å². The quantitative estimate of drug-likeness (QED) is 0.611. The fourth-order valence-electron chi connectivity index (χ4n) is 2.75. The van der Waals surface area contributed by atoms with Gasteiger partial charge in [-0.2, -0.15) is 13.2 Å². The zero-order valence-corrected chi connectivity index (χ0v) is 13.5. The molecule has 132 valence electrons. The van der Waals surface area contributed by atoms with Crippen molar-refractivity contribution in [3.63, 3.8) is 0 Å². The van der Waals surface area contributed by atoms with Crippen molar-refractivity contribution in [3.8, 4) is 0 Å². The number of ketones is 1. The van der Waals surface area contributed by atoms with Gasteiger partial charge in [-0.1, -0.05) is 11.6 Å². The summed E-state index contributed by atoms with van der Waals surface area (Å²) in [7, 11) is 0. The summed E-state index contributed by atoms with van der Waals surface area (Å²) in [6, 6.07) is 1.92. The molecule has 1 atom stereocenters. The SMILES string of the molecule is O=C(CN1c2nc(Cl)cc(=O)n2CCC1C(F)(F)F)c1ccncc1. The maximum Gasteiger partial charge on any atom is 0.408 e. The molecular weight excluding hydrogens is 361 g/mol. The number of carbonyl (C=O) groups is 1. The molecular formula is C15H12ClF3N4O2. The van der Waals surface area contributed by atoms with E-state index >= 15 is 0 Å². The van der Waals surface area contributed by atoms with Crippen LogP contribution in [0.25, 0.3) is 0 Å². The second-order valence-electron chi connectivity index (χ2n) is 5.50. The third kappa shape index (κ3) is 3.51. The van der Waals surface area contributed by atoms with Gasteiger partial charge in [0.1, 0.15) is 11.2 Å². The lowest BCUT2D eigenvalue weighted by Gasteiger charge is -2.38. The van der Waals surface area contributed by atoms with Gasteiger partial charge in [-0.25, -0.2) is 4.98 Å². The summed E-state index contributed by atoms with van der Waals surface area (Å²) in [5.41, 5.74) is -0.339. The lowest BCUT2D eigenvalue weighted by molar-refractivity contribution is -0.152. The largest absolute Gasteiger partial charge is 0.408 e. The lowest BCUT2D eigenvalue weighted by Crippen LogP contribution is -2.54. The predicted molar refractivity (Wildman–Crippen MR) is 83.9 cm³/mol. The molecule has 2 aromatic rings. The Morgan fingerprint density at radius 1 is 1.32 bits per heavy atom. The van der Waals surface area contributed by atoms with E-state index in [9.17, 15) is 22.8 Å². The summed E-state index contributed by atoms with van der Waals surface area (Å²) in [5, 5.41) is -0.222. The van der Waals surface area contributed by atoms with Crippen molar-refractivity contribution in [2.24, 2.45) is 0 Å². The van der Waals surface area contributed by atoms with Crippen molar-refractivity contribution < 1.29 is 18.0 Å². The molecule has 0 saturated carbocycles. The highest BCUT2D eigenvalue weighted by Gasteiger charge is 2.47.